The molecule has 0 aliphatic heterocycles. The molecule has 0 atom stereocenters. The molecule has 18 heavy (non-hydrogen) atoms. The first-order chi connectivity index (χ1) is 8.62. The third-order valence-corrected chi connectivity index (χ3v) is 4.46. The lowest BCUT2D eigenvalue weighted by Gasteiger charge is -2.06. The number of sulfonamides is 1. The third-order valence-electron chi connectivity index (χ3n) is 2.27. The predicted octanol–water partition coefficient (Wildman–Crippen LogP) is 1.63. The van der Waals surface area contributed by atoms with Gasteiger partial charge in [-0.3, -0.25) is 0 Å². The number of hydrogen-bond donors (Lipinski definition) is 1. The van der Waals surface area contributed by atoms with Gasteiger partial charge in [0, 0.05) is 11.6 Å². The van der Waals surface area contributed by atoms with Crippen LogP contribution in [0.3, 0.4) is 0 Å². The van der Waals surface area contributed by atoms with E-state index in [2.05, 4.69) is 9.71 Å². The molecule has 5 nitrogen and oxygen atoms in total. The Labute approximate surface area is 110 Å². The van der Waals surface area contributed by atoms with Crippen LogP contribution in [0.5, 0.6) is 5.75 Å². The van der Waals surface area contributed by atoms with Crippen molar-refractivity contribution in [3.05, 3.63) is 40.8 Å². The lowest BCUT2D eigenvalue weighted by molar-refractivity contribution is 0.414. The normalized spacial score (nSPS) is 11.4. The number of methoxy groups -OCH3 is 1. The van der Waals surface area contributed by atoms with Gasteiger partial charge in [-0.05, 0) is 24.3 Å². The van der Waals surface area contributed by atoms with E-state index in [1.54, 1.807) is 23.7 Å². The zero-order valence-electron chi connectivity index (χ0n) is 9.66. The SMILES string of the molecule is COc1ccc(S(=O)(=O)NCc2nccs2)cc1. The number of benzene rings is 1. The van der Waals surface area contributed by atoms with Crippen molar-refractivity contribution in [2.24, 2.45) is 0 Å². The fourth-order valence-electron chi connectivity index (χ4n) is 1.34. The number of nitrogens with zero attached hydrogens (tertiary/aromatic N) is 1. The Bertz CT molecular complexity index is 592. The maximum Gasteiger partial charge on any atom is 0.240 e. The number of thiazole rings is 1. The minimum Gasteiger partial charge on any atom is -0.497 e. The minimum atomic E-state index is -3.50. The largest absolute Gasteiger partial charge is 0.497 e. The van der Waals surface area contributed by atoms with Crippen LogP contribution < -0.4 is 9.46 Å². The summed E-state index contributed by atoms with van der Waals surface area (Å²) in [6.45, 7) is 0.200. The highest BCUT2D eigenvalue weighted by Crippen LogP contribution is 2.15. The Balaban J connectivity index is 2.09. The number of aromatic nitrogens is 1. The molecule has 1 N–H and O–H groups in total. The van der Waals surface area contributed by atoms with Crippen molar-refractivity contribution in [1.29, 1.82) is 0 Å². The van der Waals surface area contributed by atoms with Crippen LogP contribution in [0.2, 0.25) is 0 Å². The molecule has 0 saturated heterocycles. The zero-order valence-corrected chi connectivity index (χ0v) is 11.3. The van der Waals surface area contributed by atoms with Crippen molar-refractivity contribution in [3.8, 4) is 5.75 Å². The number of rotatable bonds is 5. The first-order valence-electron chi connectivity index (χ1n) is 5.14. The van der Waals surface area contributed by atoms with Crippen molar-refractivity contribution in [1.82, 2.24) is 9.71 Å². The van der Waals surface area contributed by atoms with E-state index in [9.17, 15) is 8.42 Å². The molecule has 0 amide bonds. The van der Waals surface area contributed by atoms with Gasteiger partial charge in [0.1, 0.15) is 10.8 Å². The molecule has 0 aliphatic rings. The molecule has 0 saturated carbocycles. The van der Waals surface area contributed by atoms with Crippen LogP contribution in [0.15, 0.2) is 40.7 Å². The molecule has 1 aromatic carbocycles. The van der Waals surface area contributed by atoms with Gasteiger partial charge < -0.3 is 4.74 Å². The summed E-state index contributed by atoms with van der Waals surface area (Å²) >= 11 is 1.41. The lowest BCUT2D eigenvalue weighted by Crippen LogP contribution is -2.23. The van der Waals surface area contributed by atoms with Crippen molar-refractivity contribution < 1.29 is 13.2 Å². The first kappa shape index (κ1) is 13.0. The van der Waals surface area contributed by atoms with Gasteiger partial charge in [-0.1, -0.05) is 0 Å². The van der Waals surface area contributed by atoms with Gasteiger partial charge in [-0.15, -0.1) is 11.3 Å². The van der Waals surface area contributed by atoms with E-state index in [1.165, 1.54) is 30.6 Å². The molecule has 0 spiro atoms. The summed E-state index contributed by atoms with van der Waals surface area (Å²) in [7, 11) is -1.97. The van der Waals surface area contributed by atoms with Gasteiger partial charge in [0.15, 0.2) is 0 Å². The molecule has 1 aromatic heterocycles. The van der Waals surface area contributed by atoms with Crippen molar-refractivity contribution in [2.45, 2.75) is 11.4 Å². The van der Waals surface area contributed by atoms with Crippen molar-refractivity contribution in [2.75, 3.05) is 7.11 Å². The minimum absolute atomic E-state index is 0.200. The van der Waals surface area contributed by atoms with Gasteiger partial charge in [0.2, 0.25) is 10.0 Å². The molecule has 0 fully saturated rings. The topological polar surface area (TPSA) is 68.3 Å². The van der Waals surface area contributed by atoms with Gasteiger partial charge in [0.25, 0.3) is 0 Å². The van der Waals surface area contributed by atoms with Crippen LogP contribution in [-0.4, -0.2) is 20.5 Å². The maximum atomic E-state index is 12.0. The quantitative estimate of drug-likeness (QED) is 0.906. The molecule has 2 aromatic rings. The van der Waals surface area contributed by atoms with Crippen LogP contribution in [-0.2, 0) is 16.6 Å². The van der Waals surface area contributed by atoms with E-state index < -0.39 is 10.0 Å². The van der Waals surface area contributed by atoms with E-state index in [0.29, 0.717) is 5.75 Å². The van der Waals surface area contributed by atoms with Crippen LogP contribution in [0, 0.1) is 0 Å². The van der Waals surface area contributed by atoms with E-state index in [1.807, 2.05) is 0 Å². The molecule has 2 rings (SSSR count). The highest BCUT2D eigenvalue weighted by Gasteiger charge is 2.14. The Hall–Kier alpha value is -1.44. The van der Waals surface area contributed by atoms with E-state index in [-0.39, 0.29) is 11.4 Å². The van der Waals surface area contributed by atoms with Gasteiger partial charge in [-0.2, -0.15) is 0 Å². The average molecular weight is 284 g/mol. The molecule has 0 aliphatic carbocycles. The van der Waals surface area contributed by atoms with Crippen molar-refractivity contribution >= 4 is 21.4 Å². The molecule has 1 heterocycles. The smallest absolute Gasteiger partial charge is 0.240 e. The first-order valence-corrected chi connectivity index (χ1v) is 7.50. The Morgan fingerprint density at radius 2 is 2.06 bits per heavy atom. The van der Waals surface area contributed by atoms with Crippen LogP contribution in [0.25, 0.3) is 0 Å². The predicted molar refractivity (Wildman–Crippen MR) is 69.1 cm³/mol. The molecule has 0 radical (unpaired) electrons. The summed E-state index contributed by atoms with van der Waals surface area (Å²) in [6.07, 6.45) is 1.64. The molecule has 96 valence electrons. The number of ether oxygens (including phenoxy) is 1. The second-order valence-electron chi connectivity index (χ2n) is 3.43. The summed E-state index contributed by atoms with van der Waals surface area (Å²) in [5.74, 6) is 0.619. The summed E-state index contributed by atoms with van der Waals surface area (Å²) in [4.78, 5) is 4.22. The van der Waals surface area contributed by atoms with Gasteiger partial charge in [0.05, 0.1) is 18.6 Å². The second-order valence-corrected chi connectivity index (χ2v) is 6.17. The van der Waals surface area contributed by atoms with Gasteiger partial charge >= 0.3 is 0 Å². The molecule has 0 bridgehead atoms. The standard InChI is InChI=1S/C11H12N2O3S2/c1-16-9-2-4-10(5-3-9)18(14,15)13-8-11-12-6-7-17-11/h2-7,13H,8H2,1H3. The van der Waals surface area contributed by atoms with Crippen LogP contribution in [0.4, 0.5) is 0 Å². The average Bonchev–Trinajstić information content (AvgIpc) is 2.90. The van der Waals surface area contributed by atoms with Gasteiger partial charge in [-0.25, -0.2) is 18.1 Å². The Kier molecular flexibility index (Phi) is 3.95. The lowest BCUT2D eigenvalue weighted by atomic mass is 10.3. The summed E-state index contributed by atoms with van der Waals surface area (Å²) < 4.78 is 31.4. The molecule has 0 unspecified atom stereocenters. The van der Waals surface area contributed by atoms with Crippen LogP contribution in [0.1, 0.15) is 5.01 Å². The van der Waals surface area contributed by atoms with E-state index in [0.717, 1.165) is 5.01 Å². The Morgan fingerprint density at radius 3 is 2.61 bits per heavy atom. The molecular formula is C11H12N2O3S2. The maximum absolute atomic E-state index is 12.0. The van der Waals surface area contributed by atoms with Crippen LogP contribution >= 0.6 is 11.3 Å². The Morgan fingerprint density at radius 1 is 1.33 bits per heavy atom. The highest BCUT2D eigenvalue weighted by molar-refractivity contribution is 7.89. The monoisotopic (exact) mass is 284 g/mol. The highest BCUT2D eigenvalue weighted by atomic mass is 32.2. The van der Waals surface area contributed by atoms with E-state index >= 15 is 0 Å². The summed E-state index contributed by atoms with van der Waals surface area (Å²) in [5.41, 5.74) is 0. The molecular weight excluding hydrogens is 272 g/mol. The zero-order chi connectivity index (χ0) is 13.0. The number of nitrogens with one attached hydrogen (secondary N) is 1. The van der Waals surface area contributed by atoms with E-state index in [4.69, 9.17) is 4.74 Å². The fourth-order valence-corrected chi connectivity index (χ4v) is 2.97. The van der Waals surface area contributed by atoms with Crippen molar-refractivity contribution in [3.63, 3.8) is 0 Å². The number of hydrogen-bond acceptors (Lipinski definition) is 5. The second kappa shape index (κ2) is 5.47. The fraction of sp³-hybridized carbons (Fsp3) is 0.182. The summed E-state index contributed by atoms with van der Waals surface area (Å²) in [5, 5.41) is 2.53. The molecule has 7 heteroatoms. The third kappa shape index (κ3) is 3.06. The summed E-state index contributed by atoms with van der Waals surface area (Å²) in [6, 6.07) is 6.22.